The van der Waals surface area contributed by atoms with Crippen LogP contribution in [0.3, 0.4) is 0 Å². The van der Waals surface area contributed by atoms with Crippen LogP contribution in [0.15, 0.2) is 30.3 Å². The van der Waals surface area contributed by atoms with Gasteiger partial charge in [-0.1, -0.05) is 18.6 Å². The molecule has 1 unspecified atom stereocenters. The maximum atomic E-state index is 10.2. The van der Waals surface area contributed by atoms with Crippen LogP contribution in [-0.2, 0) is 0 Å². The zero-order chi connectivity index (χ0) is 11.8. The zero-order valence-electron chi connectivity index (χ0n) is 10.1. The Labute approximate surface area is 101 Å². The highest BCUT2D eigenvalue weighted by Gasteiger charge is 2.26. The molecule has 1 atom stereocenters. The Hall–Kier alpha value is -1.41. The standard InChI is InChI=1S/C15H17NO/c1-10-5-6-12-9-13(7-8-14(12)16-10)15(17)11-3-2-4-11/h5-9,11,15,17H,2-4H2,1H3. The van der Waals surface area contributed by atoms with Gasteiger partial charge in [0.15, 0.2) is 0 Å². The SMILES string of the molecule is Cc1ccc2cc(C(O)C3CCC3)ccc2n1. The molecule has 2 heteroatoms. The van der Waals surface area contributed by atoms with Crippen LogP contribution < -0.4 is 0 Å². The van der Waals surface area contributed by atoms with Gasteiger partial charge in [0.2, 0.25) is 0 Å². The Bertz CT molecular complexity index is 546. The molecule has 88 valence electrons. The molecule has 2 aromatic rings. The minimum absolute atomic E-state index is 0.297. The lowest BCUT2D eigenvalue weighted by atomic mass is 9.78. The van der Waals surface area contributed by atoms with E-state index in [0.717, 1.165) is 35.0 Å². The van der Waals surface area contributed by atoms with Crippen molar-refractivity contribution in [1.29, 1.82) is 0 Å². The topological polar surface area (TPSA) is 33.1 Å². The average molecular weight is 227 g/mol. The van der Waals surface area contributed by atoms with Gasteiger partial charge in [0.25, 0.3) is 0 Å². The van der Waals surface area contributed by atoms with Crippen molar-refractivity contribution < 1.29 is 5.11 Å². The van der Waals surface area contributed by atoms with Crippen molar-refractivity contribution in [3.05, 3.63) is 41.6 Å². The van der Waals surface area contributed by atoms with Crippen molar-refractivity contribution >= 4 is 10.9 Å². The maximum absolute atomic E-state index is 10.2. The smallest absolute Gasteiger partial charge is 0.0818 e. The van der Waals surface area contributed by atoms with Crippen molar-refractivity contribution in [3.8, 4) is 0 Å². The lowest BCUT2D eigenvalue weighted by Crippen LogP contribution is -2.19. The predicted molar refractivity (Wildman–Crippen MR) is 68.8 cm³/mol. The number of rotatable bonds is 2. The summed E-state index contributed by atoms with van der Waals surface area (Å²) in [6.07, 6.45) is 3.28. The Kier molecular flexibility index (Phi) is 2.60. The van der Waals surface area contributed by atoms with Crippen LogP contribution in [-0.4, -0.2) is 10.1 Å². The number of nitrogens with zero attached hydrogens (tertiary/aromatic N) is 1. The molecule has 1 saturated carbocycles. The normalized spacial score (nSPS) is 18.0. The predicted octanol–water partition coefficient (Wildman–Crippen LogP) is 3.38. The second-order valence-corrected chi connectivity index (χ2v) is 5.04. The molecule has 1 heterocycles. The molecule has 0 spiro atoms. The summed E-state index contributed by atoms with van der Waals surface area (Å²) in [5, 5.41) is 11.4. The van der Waals surface area contributed by atoms with Crippen LogP contribution in [0.25, 0.3) is 10.9 Å². The number of aromatic nitrogens is 1. The van der Waals surface area contributed by atoms with Crippen LogP contribution in [0.1, 0.15) is 36.6 Å². The van der Waals surface area contributed by atoms with Gasteiger partial charge < -0.3 is 5.11 Å². The molecule has 1 aliphatic carbocycles. The molecule has 0 amide bonds. The molecule has 1 aromatic carbocycles. The second kappa shape index (κ2) is 4.11. The Balaban J connectivity index is 1.98. The van der Waals surface area contributed by atoms with Crippen LogP contribution in [0.4, 0.5) is 0 Å². The van der Waals surface area contributed by atoms with Gasteiger partial charge in [0, 0.05) is 11.1 Å². The molecule has 0 radical (unpaired) electrons. The summed E-state index contributed by atoms with van der Waals surface area (Å²) in [7, 11) is 0. The first kappa shape index (κ1) is 10.7. The second-order valence-electron chi connectivity index (χ2n) is 5.04. The highest BCUT2D eigenvalue weighted by atomic mass is 16.3. The van der Waals surface area contributed by atoms with E-state index in [1.807, 2.05) is 25.1 Å². The van der Waals surface area contributed by atoms with Crippen LogP contribution in [0.2, 0.25) is 0 Å². The molecule has 0 saturated heterocycles. The quantitative estimate of drug-likeness (QED) is 0.853. The first-order chi connectivity index (χ1) is 8.24. The molecule has 0 bridgehead atoms. The number of aryl methyl sites for hydroxylation is 1. The number of hydrogen-bond acceptors (Lipinski definition) is 2. The van der Waals surface area contributed by atoms with Gasteiger partial charge in [0.05, 0.1) is 11.6 Å². The van der Waals surface area contributed by atoms with Crippen LogP contribution in [0, 0.1) is 12.8 Å². The third-order valence-electron chi connectivity index (χ3n) is 3.79. The van der Waals surface area contributed by atoms with E-state index in [-0.39, 0.29) is 6.10 Å². The molecule has 1 aliphatic rings. The monoisotopic (exact) mass is 227 g/mol. The molecule has 3 rings (SSSR count). The summed E-state index contributed by atoms with van der Waals surface area (Å²) in [6, 6.07) is 10.2. The molecule has 17 heavy (non-hydrogen) atoms. The van der Waals surface area contributed by atoms with E-state index in [1.165, 1.54) is 6.42 Å². The number of aliphatic hydroxyl groups excluding tert-OH is 1. The van der Waals surface area contributed by atoms with Gasteiger partial charge in [-0.2, -0.15) is 0 Å². The summed E-state index contributed by atoms with van der Waals surface area (Å²) in [6.45, 7) is 2.00. The van der Waals surface area contributed by atoms with E-state index in [9.17, 15) is 5.11 Å². The van der Waals surface area contributed by atoms with E-state index < -0.39 is 0 Å². The van der Waals surface area contributed by atoms with Crippen molar-refractivity contribution in [2.75, 3.05) is 0 Å². The van der Waals surface area contributed by atoms with E-state index in [4.69, 9.17) is 0 Å². The van der Waals surface area contributed by atoms with E-state index in [0.29, 0.717) is 5.92 Å². The van der Waals surface area contributed by atoms with Gasteiger partial charge in [0.1, 0.15) is 0 Å². The Morgan fingerprint density at radius 2 is 2.06 bits per heavy atom. The first-order valence-electron chi connectivity index (χ1n) is 6.29. The average Bonchev–Trinajstić information content (AvgIpc) is 2.26. The highest BCUT2D eigenvalue weighted by Crippen LogP contribution is 2.38. The lowest BCUT2D eigenvalue weighted by Gasteiger charge is -2.30. The number of fused-ring (bicyclic) bond motifs is 1. The van der Waals surface area contributed by atoms with E-state index >= 15 is 0 Å². The molecule has 2 nitrogen and oxygen atoms in total. The Morgan fingerprint density at radius 1 is 1.24 bits per heavy atom. The summed E-state index contributed by atoms with van der Waals surface area (Å²) < 4.78 is 0. The first-order valence-corrected chi connectivity index (χ1v) is 6.29. The van der Waals surface area contributed by atoms with Gasteiger partial charge in [-0.3, -0.25) is 4.98 Å². The number of pyridine rings is 1. The lowest BCUT2D eigenvalue weighted by molar-refractivity contribution is 0.0622. The summed E-state index contributed by atoms with van der Waals surface area (Å²) >= 11 is 0. The zero-order valence-corrected chi connectivity index (χ0v) is 10.1. The fraction of sp³-hybridized carbons (Fsp3) is 0.400. The van der Waals surface area contributed by atoms with Crippen molar-refractivity contribution in [3.63, 3.8) is 0 Å². The third kappa shape index (κ3) is 1.93. The number of hydrogen-bond donors (Lipinski definition) is 1. The van der Waals surface area contributed by atoms with Gasteiger partial charge in [-0.25, -0.2) is 0 Å². The summed E-state index contributed by atoms with van der Waals surface area (Å²) in [4.78, 5) is 4.47. The van der Waals surface area contributed by atoms with Crippen LogP contribution in [0.5, 0.6) is 0 Å². The molecular weight excluding hydrogens is 210 g/mol. The molecular formula is C15H17NO. The molecule has 1 fully saturated rings. The van der Waals surface area contributed by atoms with Gasteiger partial charge in [-0.05, 0) is 49.4 Å². The minimum atomic E-state index is -0.297. The van der Waals surface area contributed by atoms with Crippen LogP contribution >= 0.6 is 0 Å². The fourth-order valence-electron chi connectivity index (χ4n) is 2.46. The highest BCUT2D eigenvalue weighted by molar-refractivity contribution is 5.79. The number of aliphatic hydroxyl groups is 1. The van der Waals surface area contributed by atoms with Crippen molar-refractivity contribution in [2.45, 2.75) is 32.3 Å². The number of benzene rings is 1. The van der Waals surface area contributed by atoms with Crippen molar-refractivity contribution in [2.24, 2.45) is 5.92 Å². The largest absolute Gasteiger partial charge is 0.388 e. The summed E-state index contributed by atoms with van der Waals surface area (Å²) in [5.74, 6) is 0.464. The third-order valence-corrected chi connectivity index (χ3v) is 3.79. The maximum Gasteiger partial charge on any atom is 0.0818 e. The van der Waals surface area contributed by atoms with Gasteiger partial charge >= 0.3 is 0 Å². The molecule has 1 aromatic heterocycles. The molecule has 1 N–H and O–H groups in total. The van der Waals surface area contributed by atoms with Crippen molar-refractivity contribution in [1.82, 2.24) is 4.98 Å². The molecule has 0 aliphatic heterocycles. The summed E-state index contributed by atoms with van der Waals surface area (Å²) in [5.41, 5.74) is 3.08. The van der Waals surface area contributed by atoms with E-state index in [2.05, 4.69) is 17.1 Å². The minimum Gasteiger partial charge on any atom is -0.388 e. The fourth-order valence-corrected chi connectivity index (χ4v) is 2.46. The van der Waals surface area contributed by atoms with Gasteiger partial charge in [-0.15, -0.1) is 0 Å². The van der Waals surface area contributed by atoms with E-state index in [1.54, 1.807) is 0 Å². The Morgan fingerprint density at radius 3 is 2.76 bits per heavy atom.